The van der Waals surface area contributed by atoms with Gasteiger partial charge in [-0.15, -0.1) is 0 Å². The monoisotopic (exact) mass is 207 g/mol. The molecule has 2 rings (SSSR count). The van der Waals surface area contributed by atoms with Crippen molar-refractivity contribution in [2.75, 3.05) is 6.61 Å². The van der Waals surface area contributed by atoms with Gasteiger partial charge in [-0.2, -0.15) is 0 Å². The van der Waals surface area contributed by atoms with E-state index in [0.717, 1.165) is 12.1 Å². The Bertz CT molecular complexity index is 367. The molecule has 0 bridgehead atoms. The van der Waals surface area contributed by atoms with Crippen LogP contribution in [0.1, 0.15) is 18.5 Å². The van der Waals surface area contributed by atoms with Gasteiger partial charge in [0, 0.05) is 18.2 Å². The minimum atomic E-state index is 0.0995. The summed E-state index contributed by atoms with van der Waals surface area (Å²) in [6, 6.07) is 1.89. The van der Waals surface area contributed by atoms with Crippen LogP contribution in [0.2, 0.25) is 0 Å². The Hall–Kier alpha value is -1.65. The summed E-state index contributed by atoms with van der Waals surface area (Å²) >= 11 is 0. The first kappa shape index (κ1) is 9.89. The maximum Gasteiger partial charge on any atom is 0.220 e. The normalized spacial score (nSPS) is 20.1. The second-order valence-electron chi connectivity index (χ2n) is 3.61. The van der Waals surface area contributed by atoms with Crippen molar-refractivity contribution in [2.24, 2.45) is 0 Å². The fourth-order valence-electron chi connectivity index (χ4n) is 1.50. The Morgan fingerprint density at radius 3 is 3.13 bits per heavy atom. The van der Waals surface area contributed by atoms with Gasteiger partial charge in [0.25, 0.3) is 0 Å². The lowest BCUT2D eigenvalue weighted by Crippen LogP contribution is -2.31. The van der Waals surface area contributed by atoms with E-state index in [2.05, 4.69) is 15.3 Å². The predicted molar refractivity (Wildman–Crippen MR) is 53.4 cm³/mol. The lowest BCUT2D eigenvalue weighted by molar-refractivity contribution is -0.119. The molecule has 0 saturated carbocycles. The number of rotatable bonds is 3. The average molecular weight is 207 g/mol. The Labute approximate surface area is 87.9 Å². The molecule has 1 fully saturated rings. The SMILES string of the molecule is Cc1cc(OC[C@@H]2CCC(=O)N2)ncn1. The third kappa shape index (κ3) is 2.65. The van der Waals surface area contributed by atoms with Crippen LogP contribution in [0, 0.1) is 6.92 Å². The third-order valence-electron chi connectivity index (χ3n) is 2.30. The van der Waals surface area contributed by atoms with Crippen molar-refractivity contribution in [3.8, 4) is 5.88 Å². The summed E-state index contributed by atoms with van der Waals surface area (Å²) in [5.41, 5.74) is 0.871. The van der Waals surface area contributed by atoms with Crippen molar-refractivity contribution in [3.05, 3.63) is 18.1 Å². The number of amides is 1. The molecule has 1 amide bonds. The average Bonchev–Trinajstić information content (AvgIpc) is 2.62. The summed E-state index contributed by atoms with van der Waals surface area (Å²) in [6.45, 7) is 2.36. The van der Waals surface area contributed by atoms with Gasteiger partial charge in [-0.25, -0.2) is 9.97 Å². The molecule has 80 valence electrons. The molecular formula is C10H13N3O2. The van der Waals surface area contributed by atoms with Crippen LogP contribution < -0.4 is 10.1 Å². The van der Waals surface area contributed by atoms with Crippen molar-refractivity contribution in [2.45, 2.75) is 25.8 Å². The van der Waals surface area contributed by atoms with Crippen molar-refractivity contribution in [3.63, 3.8) is 0 Å². The molecule has 1 saturated heterocycles. The lowest BCUT2D eigenvalue weighted by atomic mass is 10.2. The van der Waals surface area contributed by atoms with Gasteiger partial charge < -0.3 is 10.1 Å². The number of nitrogens with zero attached hydrogens (tertiary/aromatic N) is 2. The van der Waals surface area contributed by atoms with Gasteiger partial charge in [-0.3, -0.25) is 4.79 Å². The molecule has 1 aliphatic rings. The highest BCUT2D eigenvalue weighted by Crippen LogP contribution is 2.10. The Kier molecular flexibility index (Phi) is 2.80. The topological polar surface area (TPSA) is 64.1 Å². The molecule has 1 aromatic rings. The van der Waals surface area contributed by atoms with Crippen molar-refractivity contribution in [1.82, 2.24) is 15.3 Å². The van der Waals surface area contributed by atoms with Crippen LogP contribution in [-0.4, -0.2) is 28.5 Å². The van der Waals surface area contributed by atoms with Gasteiger partial charge in [0.2, 0.25) is 11.8 Å². The highest BCUT2D eigenvalue weighted by atomic mass is 16.5. The van der Waals surface area contributed by atoms with E-state index in [4.69, 9.17) is 4.74 Å². The van der Waals surface area contributed by atoms with E-state index in [1.54, 1.807) is 6.07 Å². The summed E-state index contributed by atoms with van der Waals surface area (Å²) in [7, 11) is 0. The number of hydrogen-bond donors (Lipinski definition) is 1. The van der Waals surface area contributed by atoms with Crippen molar-refractivity contribution in [1.29, 1.82) is 0 Å². The molecule has 1 aliphatic heterocycles. The molecule has 0 aliphatic carbocycles. The van der Waals surface area contributed by atoms with E-state index < -0.39 is 0 Å². The fraction of sp³-hybridized carbons (Fsp3) is 0.500. The van der Waals surface area contributed by atoms with Gasteiger partial charge in [-0.05, 0) is 13.3 Å². The Morgan fingerprint density at radius 2 is 2.47 bits per heavy atom. The zero-order valence-corrected chi connectivity index (χ0v) is 8.56. The number of ether oxygens (including phenoxy) is 1. The van der Waals surface area contributed by atoms with Gasteiger partial charge in [0.05, 0.1) is 6.04 Å². The molecule has 2 heterocycles. The van der Waals surface area contributed by atoms with E-state index in [1.807, 2.05) is 6.92 Å². The van der Waals surface area contributed by atoms with Gasteiger partial charge >= 0.3 is 0 Å². The molecule has 5 heteroatoms. The van der Waals surface area contributed by atoms with E-state index in [9.17, 15) is 4.79 Å². The number of nitrogens with one attached hydrogen (secondary N) is 1. The van der Waals surface area contributed by atoms with E-state index in [-0.39, 0.29) is 11.9 Å². The maximum atomic E-state index is 10.9. The van der Waals surface area contributed by atoms with E-state index in [1.165, 1.54) is 6.33 Å². The molecule has 5 nitrogen and oxygen atoms in total. The molecule has 1 aromatic heterocycles. The highest BCUT2D eigenvalue weighted by Gasteiger charge is 2.21. The van der Waals surface area contributed by atoms with Gasteiger partial charge in [-0.1, -0.05) is 0 Å². The molecule has 0 radical (unpaired) electrons. The third-order valence-corrected chi connectivity index (χ3v) is 2.30. The second-order valence-corrected chi connectivity index (χ2v) is 3.61. The van der Waals surface area contributed by atoms with Crippen LogP contribution in [0.4, 0.5) is 0 Å². The molecule has 1 atom stereocenters. The highest BCUT2D eigenvalue weighted by molar-refractivity contribution is 5.78. The summed E-state index contributed by atoms with van der Waals surface area (Å²) in [4.78, 5) is 18.9. The summed E-state index contributed by atoms with van der Waals surface area (Å²) in [6.07, 6.45) is 2.90. The zero-order valence-electron chi connectivity index (χ0n) is 8.56. The molecule has 1 N–H and O–H groups in total. The van der Waals surface area contributed by atoms with Crippen LogP contribution in [-0.2, 0) is 4.79 Å². The van der Waals surface area contributed by atoms with Crippen molar-refractivity contribution >= 4 is 5.91 Å². The largest absolute Gasteiger partial charge is 0.475 e. The van der Waals surface area contributed by atoms with E-state index >= 15 is 0 Å². The number of carbonyl (C=O) groups excluding carboxylic acids is 1. The second kappa shape index (κ2) is 4.25. The Balaban J connectivity index is 1.85. The van der Waals surface area contributed by atoms with E-state index in [0.29, 0.717) is 18.9 Å². The molecule has 15 heavy (non-hydrogen) atoms. The summed E-state index contributed by atoms with van der Waals surface area (Å²) in [5.74, 6) is 0.658. The van der Waals surface area contributed by atoms with Gasteiger partial charge in [0.1, 0.15) is 12.9 Å². The molecule has 0 aromatic carbocycles. The van der Waals surface area contributed by atoms with Crippen LogP contribution in [0.3, 0.4) is 0 Å². The molecular weight excluding hydrogens is 194 g/mol. The number of aromatic nitrogens is 2. The Morgan fingerprint density at radius 1 is 1.60 bits per heavy atom. The predicted octanol–water partition coefficient (Wildman–Crippen LogP) is 0.442. The van der Waals surface area contributed by atoms with Crippen LogP contribution >= 0.6 is 0 Å². The number of carbonyl (C=O) groups is 1. The first-order valence-electron chi connectivity index (χ1n) is 4.95. The quantitative estimate of drug-likeness (QED) is 0.781. The first-order valence-corrected chi connectivity index (χ1v) is 4.95. The molecule has 0 unspecified atom stereocenters. The standard InChI is InChI=1S/C10H13N3O2/c1-7-4-10(12-6-11-7)15-5-8-2-3-9(14)13-8/h4,6,8H,2-3,5H2,1H3,(H,13,14)/t8-/m0/s1. The first-order chi connectivity index (χ1) is 7.24. The minimum Gasteiger partial charge on any atom is -0.475 e. The van der Waals surface area contributed by atoms with Crippen LogP contribution in [0.25, 0.3) is 0 Å². The maximum absolute atomic E-state index is 10.9. The van der Waals surface area contributed by atoms with Crippen molar-refractivity contribution < 1.29 is 9.53 Å². The molecule has 0 spiro atoms. The summed E-state index contributed by atoms with van der Waals surface area (Å²) in [5, 5.41) is 2.83. The number of hydrogen-bond acceptors (Lipinski definition) is 4. The van der Waals surface area contributed by atoms with Crippen LogP contribution in [0.5, 0.6) is 5.88 Å². The van der Waals surface area contributed by atoms with Crippen LogP contribution in [0.15, 0.2) is 12.4 Å². The zero-order chi connectivity index (χ0) is 10.7. The smallest absolute Gasteiger partial charge is 0.220 e. The fourth-order valence-corrected chi connectivity index (χ4v) is 1.50. The minimum absolute atomic E-state index is 0.0995. The van der Waals surface area contributed by atoms with Gasteiger partial charge in [0.15, 0.2) is 0 Å². The lowest BCUT2D eigenvalue weighted by Gasteiger charge is -2.10. The summed E-state index contributed by atoms with van der Waals surface area (Å²) < 4.78 is 5.45. The number of aryl methyl sites for hydroxylation is 1.